The quantitative estimate of drug-likeness (QED) is 0.477. The van der Waals surface area contributed by atoms with Crippen molar-refractivity contribution in [3.05, 3.63) is 63.2 Å². The Hall–Kier alpha value is -2.55. The Morgan fingerprint density at radius 3 is 2.38 bits per heavy atom. The van der Waals surface area contributed by atoms with Gasteiger partial charge >= 0.3 is 6.09 Å². The molecule has 0 saturated heterocycles. The van der Waals surface area contributed by atoms with E-state index in [2.05, 4.69) is 5.32 Å². The van der Waals surface area contributed by atoms with Crippen molar-refractivity contribution in [2.75, 3.05) is 27.7 Å². The summed E-state index contributed by atoms with van der Waals surface area (Å²) in [6, 6.07) is 11.5. The summed E-state index contributed by atoms with van der Waals surface area (Å²) in [4.78, 5) is 23.3. The number of nitrogens with one attached hydrogen (secondary N) is 1. The number of hydrogen-bond acceptors (Lipinski definition) is 6. The number of rotatable bonds is 8. The molecule has 0 heterocycles. The predicted molar refractivity (Wildman–Crippen MR) is 113 cm³/mol. The largest absolute Gasteiger partial charge is 0.493 e. The first-order valence-electron chi connectivity index (χ1n) is 8.55. The molecule has 0 aliphatic carbocycles. The van der Waals surface area contributed by atoms with E-state index < -0.39 is 11.0 Å². The van der Waals surface area contributed by atoms with E-state index in [-0.39, 0.29) is 29.2 Å². The van der Waals surface area contributed by atoms with Gasteiger partial charge in [-0.05, 0) is 36.9 Å². The molecule has 158 valence electrons. The van der Waals surface area contributed by atoms with Gasteiger partial charge in [0, 0.05) is 26.6 Å². The van der Waals surface area contributed by atoms with E-state index in [0.717, 1.165) is 5.56 Å². The van der Waals surface area contributed by atoms with E-state index in [1.165, 1.54) is 17.0 Å². The highest BCUT2D eigenvalue weighted by Gasteiger charge is 2.15. The lowest BCUT2D eigenvalue weighted by atomic mass is 10.0. The molecular formula is C19H23Cl2N3O5. The number of nitro groups is 1. The number of nitrogens with zero attached hydrogens (tertiary/aromatic N) is 2. The van der Waals surface area contributed by atoms with Gasteiger partial charge in [-0.3, -0.25) is 10.1 Å². The van der Waals surface area contributed by atoms with Gasteiger partial charge in [-0.1, -0.05) is 23.7 Å². The Morgan fingerprint density at radius 1 is 1.21 bits per heavy atom. The lowest BCUT2D eigenvalue weighted by molar-refractivity contribution is -0.384. The topological polar surface area (TPSA) is 93.9 Å². The number of nitro benzene ring substituents is 1. The van der Waals surface area contributed by atoms with Crippen LogP contribution in [0.2, 0.25) is 5.02 Å². The summed E-state index contributed by atoms with van der Waals surface area (Å²) in [6.07, 6.45) is 0.187. The number of carbonyl (C=O) groups excluding carboxylic acids is 1. The second-order valence-electron chi connectivity index (χ2n) is 6.18. The van der Waals surface area contributed by atoms with Crippen LogP contribution >= 0.6 is 24.0 Å². The van der Waals surface area contributed by atoms with Gasteiger partial charge in [0.25, 0.3) is 5.69 Å². The average molecular weight is 444 g/mol. The highest BCUT2D eigenvalue weighted by atomic mass is 35.5. The van der Waals surface area contributed by atoms with Crippen molar-refractivity contribution in [1.29, 1.82) is 0 Å². The maximum atomic E-state index is 11.6. The van der Waals surface area contributed by atoms with Crippen molar-refractivity contribution in [2.24, 2.45) is 0 Å². The van der Waals surface area contributed by atoms with Gasteiger partial charge in [0.05, 0.1) is 17.6 Å². The van der Waals surface area contributed by atoms with Crippen LogP contribution in [0.4, 0.5) is 10.5 Å². The molecule has 0 aliphatic heterocycles. The Bertz CT molecular complexity index is 831. The Kier molecular flexibility index (Phi) is 9.67. The average Bonchev–Trinajstić information content (AvgIpc) is 2.67. The van der Waals surface area contributed by atoms with Crippen LogP contribution in [0.5, 0.6) is 11.5 Å². The first-order chi connectivity index (χ1) is 13.3. The van der Waals surface area contributed by atoms with Crippen molar-refractivity contribution < 1.29 is 19.2 Å². The van der Waals surface area contributed by atoms with Gasteiger partial charge in [-0.2, -0.15) is 0 Å². The lowest BCUT2D eigenvalue weighted by Gasteiger charge is -2.18. The number of amides is 1. The minimum Gasteiger partial charge on any atom is -0.493 e. The monoisotopic (exact) mass is 443 g/mol. The first-order valence-corrected chi connectivity index (χ1v) is 8.92. The van der Waals surface area contributed by atoms with E-state index >= 15 is 0 Å². The molecule has 0 aromatic heterocycles. The van der Waals surface area contributed by atoms with Gasteiger partial charge in [0.2, 0.25) is 0 Å². The van der Waals surface area contributed by atoms with E-state index in [4.69, 9.17) is 21.1 Å². The van der Waals surface area contributed by atoms with Crippen LogP contribution in [0.25, 0.3) is 0 Å². The van der Waals surface area contributed by atoms with Crippen LogP contribution in [0, 0.1) is 10.1 Å². The van der Waals surface area contributed by atoms with E-state index in [1.807, 2.05) is 19.2 Å². The fourth-order valence-electron chi connectivity index (χ4n) is 2.45. The minimum absolute atomic E-state index is 0. The number of halogens is 2. The Balaban J connectivity index is 0.00000420. The minimum atomic E-state index is -0.545. The summed E-state index contributed by atoms with van der Waals surface area (Å²) in [6.45, 7) is 0.349. The molecular weight excluding hydrogens is 421 g/mol. The van der Waals surface area contributed by atoms with Crippen LogP contribution in [-0.4, -0.2) is 43.7 Å². The highest BCUT2D eigenvalue weighted by Crippen LogP contribution is 2.29. The third-order valence-corrected chi connectivity index (χ3v) is 4.31. The highest BCUT2D eigenvalue weighted by molar-refractivity contribution is 6.32. The molecule has 2 aromatic rings. The van der Waals surface area contributed by atoms with Crippen molar-refractivity contribution in [3.8, 4) is 11.5 Å². The first kappa shape index (κ1) is 24.5. The summed E-state index contributed by atoms with van der Waals surface area (Å²) in [5.74, 6) is 0.846. The lowest BCUT2D eigenvalue weighted by Crippen LogP contribution is -2.25. The third-order valence-electron chi connectivity index (χ3n) is 3.99. The number of hydrogen-bond donors (Lipinski definition) is 1. The summed E-state index contributed by atoms with van der Waals surface area (Å²) < 4.78 is 10.8. The van der Waals surface area contributed by atoms with Crippen LogP contribution in [0.3, 0.4) is 0 Å². The van der Waals surface area contributed by atoms with Gasteiger partial charge in [-0.25, -0.2) is 4.79 Å². The van der Waals surface area contributed by atoms with Gasteiger partial charge in [0.15, 0.2) is 0 Å². The molecule has 29 heavy (non-hydrogen) atoms. The molecule has 1 N–H and O–H groups in total. The SMILES string of the molecule is CNC(CCOc1ccc(Cl)c([N+](=O)[O-])c1)c1ccc(OC(=O)N(C)C)cc1.Cl. The Morgan fingerprint density at radius 2 is 1.83 bits per heavy atom. The van der Waals surface area contributed by atoms with Gasteiger partial charge in [-0.15, -0.1) is 12.4 Å². The number of carbonyl (C=O) groups is 1. The molecule has 1 atom stereocenters. The van der Waals surface area contributed by atoms with E-state index in [1.54, 1.807) is 32.3 Å². The zero-order chi connectivity index (χ0) is 20.7. The van der Waals surface area contributed by atoms with Gasteiger partial charge < -0.3 is 19.7 Å². The molecule has 1 unspecified atom stereocenters. The summed E-state index contributed by atoms with van der Waals surface area (Å²) in [5.41, 5.74) is 0.810. The summed E-state index contributed by atoms with van der Waals surface area (Å²) >= 11 is 5.80. The number of benzene rings is 2. The molecule has 0 spiro atoms. The fraction of sp³-hybridized carbons (Fsp3) is 0.316. The zero-order valence-electron chi connectivity index (χ0n) is 16.3. The molecule has 2 aromatic carbocycles. The van der Waals surface area contributed by atoms with Crippen LogP contribution < -0.4 is 14.8 Å². The smallest absolute Gasteiger partial charge is 0.414 e. The van der Waals surface area contributed by atoms with Gasteiger partial charge in [0.1, 0.15) is 16.5 Å². The maximum absolute atomic E-state index is 11.6. The molecule has 0 radical (unpaired) electrons. The fourth-order valence-corrected chi connectivity index (χ4v) is 2.64. The van der Waals surface area contributed by atoms with Crippen molar-refractivity contribution in [3.63, 3.8) is 0 Å². The molecule has 10 heteroatoms. The van der Waals surface area contributed by atoms with Crippen molar-refractivity contribution in [1.82, 2.24) is 10.2 Å². The molecule has 0 bridgehead atoms. The van der Waals surface area contributed by atoms with Crippen molar-refractivity contribution in [2.45, 2.75) is 12.5 Å². The molecule has 8 nitrogen and oxygen atoms in total. The van der Waals surface area contributed by atoms with Crippen LogP contribution in [0.15, 0.2) is 42.5 Å². The molecule has 0 saturated carbocycles. The predicted octanol–water partition coefficient (Wildman–Crippen LogP) is 4.46. The third kappa shape index (κ3) is 7.08. The second-order valence-corrected chi connectivity index (χ2v) is 6.59. The number of ether oxygens (including phenoxy) is 2. The second kappa shape index (κ2) is 11.5. The molecule has 2 rings (SSSR count). The van der Waals surface area contributed by atoms with E-state index in [0.29, 0.717) is 24.5 Å². The molecule has 0 fully saturated rings. The Labute approximate surface area is 180 Å². The van der Waals surface area contributed by atoms with Crippen molar-refractivity contribution >= 4 is 35.8 Å². The standard InChI is InChI=1S/C19H22ClN3O5.ClH/c1-21-17(13-4-6-14(7-5-13)28-19(24)22(2)3)10-11-27-15-8-9-16(20)18(12-15)23(25)26;/h4-9,12,17,21H,10-11H2,1-3H3;1H. The van der Waals surface area contributed by atoms with Crippen LogP contribution in [0.1, 0.15) is 18.0 Å². The maximum Gasteiger partial charge on any atom is 0.414 e. The summed E-state index contributed by atoms with van der Waals surface area (Å²) in [7, 11) is 5.06. The van der Waals surface area contributed by atoms with Crippen LogP contribution in [-0.2, 0) is 0 Å². The molecule has 1 amide bonds. The zero-order valence-corrected chi connectivity index (χ0v) is 17.8. The summed E-state index contributed by atoms with van der Waals surface area (Å²) in [5, 5.41) is 14.2. The van der Waals surface area contributed by atoms with E-state index in [9.17, 15) is 14.9 Å². The normalized spacial score (nSPS) is 11.2. The molecule has 0 aliphatic rings.